The van der Waals surface area contributed by atoms with Crippen molar-refractivity contribution in [3.8, 4) is 5.75 Å². The van der Waals surface area contributed by atoms with Gasteiger partial charge in [0, 0.05) is 11.8 Å². The molecule has 0 radical (unpaired) electrons. The zero-order valence-electron chi connectivity index (χ0n) is 11.5. The minimum Gasteiger partial charge on any atom is -0.495 e. The van der Waals surface area contributed by atoms with Crippen LogP contribution in [0.3, 0.4) is 0 Å². The molecule has 1 heterocycles. The highest BCUT2D eigenvalue weighted by atomic mass is 35.5. The second-order valence-corrected chi connectivity index (χ2v) is 5.06. The van der Waals surface area contributed by atoms with Crippen LogP contribution in [0.2, 0.25) is 5.02 Å². The Morgan fingerprint density at radius 1 is 1.45 bits per heavy atom. The van der Waals surface area contributed by atoms with Crippen molar-refractivity contribution in [1.82, 2.24) is 5.32 Å². The van der Waals surface area contributed by atoms with Crippen LogP contribution in [-0.4, -0.2) is 31.5 Å². The predicted octanol–water partition coefficient (Wildman–Crippen LogP) is 1.98. The molecule has 1 unspecified atom stereocenters. The van der Waals surface area contributed by atoms with Gasteiger partial charge in [0.25, 0.3) is 0 Å². The Bertz CT molecular complexity index is 533. The van der Waals surface area contributed by atoms with E-state index in [-0.39, 0.29) is 18.4 Å². The summed E-state index contributed by atoms with van der Waals surface area (Å²) < 4.78 is 5.14. The highest BCUT2D eigenvalue weighted by molar-refractivity contribution is 6.32. The van der Waals surface area contributed by atoms with Gasteiger partial charge in [-0.05, 0) is 18.6 Å². The maximum absolute atomic E-state index is 12.4. The Labute approximate surface area is 122 Å². The number of carbonyl (C=O) groups excluding carboxylic acids is 2. The van der Waals surface area contributed by atoms with E-state index >= 15 is 0 Å². The Balaban J connectivity index is 2.30. The standard InChI is InChI=1S/C14H17ClN2O3/c1-3-4-11-14(19)17(8-13(18)16-11)9-5-6-10(15)12(7-9)20-2/h5-7,11H,3-4,8H2,1-2H3,(H,16,18). The number of piperazine rings is 1. The first-order chi connectivity index (χ1) is 9.56. The molecule has 6 heteroatoms. The van der Waals surface area contributed by atoms with Gasteiger partial charge in [-0.25, -0.2) is 0 Å². The van der Waals surface area contributed by atoms with Crippen LogP contribution < -0.4 is 15.0 Å². The highest BCUT2D eigenvalue weighted by Crippen LogP contribution is 2.30. The minimum atomic E-state index is -0.456. The first-order valence-electron chi connectivity index (χ1n) is 6.51. The smallest absolute Gasteiger partial charge is 0.250 e. The maximum Gasteiger partial charge on any atom is 0.250 e. The van der Waals surface area contributed by atoms with E-state index in [2.05, 4.69) is 5.32 Å². The molecule has 2 amide bonds. The fourth-order valence-corrected chi connectivity index (χ4v) is 2.43. The molecule has 1 saturated heterocycles. The summed E-state index contributed by atoms with van der Waals surface area (Å²) in [5.74, 6) is 0.225. The monoisotopic (exact) mass is 296 g/mol. The van der Waals surface area contributed by atoms with E-state index in [0.29, 0.717) is 22.9 Å². The number of nitrogens with zero attached hydrogens (tertiary/aromatic N) is 1. The molecule has 5 nitrogen and oxygen atoms in total. The van der Waals surface area contributed by atoms with Crippen LogP contribution in [0.15, 0.2) is 18.2 Å². The summed E-state index contributed by atoms with van der Waals surface area (Å²) in [7, 11) is 1.51. The van der Waals surface area contributed by atoms with Gasteiger partial charge in [-0.3, -0.25) is 9.59 Å². The molecule has 0 spiro atoms. The van der Waals surface area contributed by atoms with Crippen molar-refractivity contribution in [2.75, 3.05) is 18.6 Å². The number of anilines is 1. The van der Waals surface area contributed by atoms with Crippen LogP contribution in [0.25, 0.3) is 0 Å². The third-order valence-electron chi connectivity index (χ3n) is 3.22. The van der Waals surface area contributed by atoms with Crippen LogP contribution in [0.4, 0.5) is 5.69 Å². The number of ether oxygens (including phenoxy) is 1. The van der Waals surface area contributed by atoms with Crippen molar-refractivity contribution in [3.05, 3.63) is 23.2 Å². The van der Waals surface area contributed by atoms with Gasteiger partial charge >= 0.3 is 0 Å². The van der Waals surface area contributed by atoms with Gasteiger partial charge in [-0.15, -0.1) is 0 Å². The predicted molar refractivity (Wildman–Crippen MR) is 77.2 cm³/mol. The van der Waals surface area contributed by atoms with Crippen LogP contribution >= 0.6 is 11.6 Å². The van der Waals surface area contributed by atoms with E-state index in [0.717, 1.165) is 6.42 Å². The molecule has 1 aliphatic heterocycles. The van der Waals surface area contributed by atoms with Gasteiger partial charge in [0.05, 0.1) is 12.1 Å². The van der Waals surface area contributed by atoms with E-state index in [1.54, 1.807) is 18.2 Å². The summed E-state index contributed by atoms with van der Waals surface area (Å²) in [4.78, 5) is 25.6. The van der Waals surface area contributed by atoms with Crippen LogP contribution in [0.5, 0.6) is 5.75 Å². The summed E-state index contributed by atoms with van der Waals surface area (Å²) >= 11 is 5.97. The molecule has 0 aromatic heterocycles. The number of carbonyl (C=O) groups is 2. The van der Waals surface area contributed by atoms with Gasteiger partial charge in [-0.2, -0.15) is 0 Å². The fraction of sp³-hybridized carbons (Fsp3) is 0.429. The number of halogens is 1. The minimum absolute atomic E-state index is 0.0177. The summed E-state index contributed by atoms with van der Waals surface area (Å²) in [5.41, 5.74) is 0.618. The molecule has 1 aromatic carbocycles. The number of amides is 2. The second-order valence-electron chi connectivity index (χ2n) is 4.65. The number of benzene rings is 1. The lowest BCUT2D eigenvalue weighted by molar-refractivity contribution is -0.131. The number of rotatable bonds is 4. The van der Waals surface area contributed by atoms with Crippen molar-refractivity contribution < 1.29 is 14.3 Å². The molecular formula is C14H17ClN2O3. The maximum atomic E-state index is 12.4. The number of hydrogen-bond acceptors (Lipinski definition) is 3. The summed E-state index contributed by atoms with van der Waals surface area (Å²) in [5, 5.41) is 3.19. The Hall–Kier alpha value is -1.75. The number of hydrogen-bond donors (Lipinski definition) is 1. The fourth-order valence-electron chi connectivity index (χ4n) is 2.23. The van der Waals surface area contributed by atoms with E-state index in [4.69, 9.17) is 16.3 Å². The van der Waals surface area contributed by atoms with Gasteiger partial charge in [-0.1, -0.05) is 24.9 Å². The lowest BCUT2D eigenvalue weighted by atomic mass is 10.1. The van der Waals surface area contributed by atoms with Crippen LogP contribution in [0.1, 0.15) is 19.8 Å². The Morgan fingerprint density at radius 2 is 2.20 bits per heavy atom. The molecule has 1 N–H and O–H groups in total. The molecular weight excluding hydrogens is 280 g/mol. The molecule has 1 fully saturated rings. The van der Waals surface area contributed by atoms with E-state index in [1.165, 1.54) is 12.0 Å². The molecule has 1 aliphatic rings. The molecule has 20 heavy (non-hydrogen) atoms. The highest BCUT2D eigenvalue weighted by Gasteiger charge is 2.33. The molecule has 2 rings (SSSR count). The van der Waals surface area contributed by atoms with Crippen molar-refractivity contribution >= 4 is 29.1 Å². The molecule has 0 aliphatic carbocycles. The van der Waals surface area contributed by atoms with E-state index < -0.39 is 6.04 Å². The number of nitrogens with one attached hydrogen (secondary N) is 1. The van der Waals surface area contributed by atoms with Gasteiger partial charge in [0.1, 0.15) is 18.3 Å². The summed E-state index contributed by atoms with van der Waals surface area (Å²) in [6.45, 7) is 1.99. The molecule has 1 atom stereocenters. The normalized spacial score (nSPS) is 18.9. The lowest BCUT2D eigenvalue weighted by Gasteiger charge is -2.32. The van der Waals surface area contributed by atoms with Crippen molar-refractivity contribution in [2.45, 2.75) is 25.8 Å². The van der Waals surface area contributed by atoms with Crippen LogP contribution in [0, 0.1) is 0 Å². The van der Waals surface area contributed by atoms with E-state index in [1.807, 2.05) is 6.92 Å². The van der Waals surface area contributed by atoms with Gasteiger partial charge in [0.2, 0.25) is 11.8 Å². The lowest BCUT2D eigenvalue weighted by Crippen LogP contribution is -2.58. The Morgan fingerprint density at radius 3 is 2.85 bits per heavy atom. The zero-order chi connectivity index (χ0) is 14.7. The largest absolute Gasteiger partial charge is 0.495 e. The summed E-state index contributed by atoms with van der Waals surface area (Å²) in [6, 6.07) is 4.58. The quantitative estimate of drug-likeness (QED) is 0.924. The average molecular weight is 297 g/mol. The topological polar surface area (TPSA) is 58.6 Å². The van der Waals surface area contributed by atoms with E-state index in [9.17, 15) is 9.59 Å². The molecule has 0 saturated carbocycles. The third-order valence-corrected chi connectivity index (χ3v) is 3.54. The average Bonchev–Trinajstić information content (AvgIpc) is 2.43. The zero-order valence-corrected chi connectivity index (χ0v) is 12.2. The van der Waals surface area contributed by atoms with Gasteiger partial charge < -0.3 is 15.0 Å². The van der Waals surface area contributed by atoms with Crippen LogP contribution in [-0.2, 0) is 9.59 Å². The van der Waals surface area contributed by atoms with Gasteiger partial charge in [0.15, 0.2) is 0 Å². The number of methoxy groups -OCH3 is 1. The van der Waals surface area contributed by atoms with Crippen molar-refractivity contribution in [2.24, 2.45) is 0 Å². The Kier molecular flexibility index (Phi) is 4.49. The second kappa shape index (κ2) is 6.13. The SMILES string of the molecule is CCCC1NC(=O)CN(c2ccc(Cl)c(OC)c2)C1=O. The first-order valence-corrected chi connectivity index (χ1v) is 6.89. The van der Waals surface area contributed by atoms with Crippen molar-refractivity contribution in [1.29, 1.82) is 0 Å². The third kappa shape index (κ3) is 2.88. The molecule has 108 valence electrons. The molecule has 0 bridgehead atoms. The summed E-state index contributed by atoms with van der Waals surface area (Å²) in [6.07, 6.45) is 1.46. The molecule has 1 aromatic rings. The van der Waals surface area contributed by atoms with Crippen molar-refractivity contribution in [3.63, 3.8) is 0 Å². The first kappa shape index (κ1) is 14.7.